The van der Waals surface area contributed by atoms with Gasteiger partial charge in [0.05, 0.1) is 0 Å². The largest absolute Gasteiger partial charge is 0.339 e. The summed E-state index contributed by atoms with van der Waals surface area (Å²) in [6, 6.07) is 0.623. The molecule has 0 unspecified atom stereocenters. The smallest absolute Gasteiger partial charge is 0.222 e. The third-order valence-corrected chi connectivity index (χ3v) is 2.76. The molecule has 2 nitrogen and oxygen atoms in total. The lowest BCUT2D eigenvalue weighted by molar-refractivity contribution is -0.131. The summed E-state index contributed by atoms with van der Waals surface area (Å²) in [5.41, 5.74) is 0. The van der Waals surface area contributed by atoms with Crippen LogP contribution >= 0.6 is 0 Å². The highest BCUT2D eigenvalue weighted by Crippen LogP contribution is 2.34. The van der Waals surface area contributed by atoms with Crippen LogP contribution in [0.3, 0.4) is 0 Å². The van der Waals surface area contributed by atoms with E-state index in [0.717, 1.165) is 12.5 Å². The van der Waals surface area contributed by atoms with Gasteiger partial charge in [-0.1, -0.05) is 6.92 Å². The number of rotatable bonds is 4. The highest BCUT2D eigenvalue weighted by Gasteiger charge is 2.35. The minimum Gasteiger partial charge on any atom is -0.339 e. The summed E-state index contributed by atoms with van der Waals surface area (Å²) in [6.07, 6.45) is 5.88. The van der Waals surface area contributed by atoms with Gasteiger partial charge >= 0.3 is 0 Å². The lowest BCUT2D eigenvalue weighted by Gasteiger charge is -2.21. The fraction of sp³-hybridized carbons (Fsp3) is 0.900. The minimum atomic E-state index is 0.365. The van der Waals surface area contributed by atoms with Crippen LogP contribution in [0, 0.1) is 5.92 Å². The van der Waals surface area contributed by atoms with Crippen LogP contribution in [0.2, 0.25) is 0 Å². The molecule has 2 rings (SSSR count). The molecule has 0 aromatic carbocycles. The van der Waals surface area contributed by atoms with Crippen LogP contribution in [-0.4, -0.2) is 23.4 Å². The first-order chi connectivity index (χ1) is 5.81. The Morgan fingerprint density at radius 2 is 2.00 bits per heavy atom. The Morgan fingerprint density at radius 3 is 2.42 bits per heavy atom. The SMILES string of the molecule is CCC(=O)N(CC1CC1)C1CC1. The van der Waals surface area contributed by atoms with Gasteiger partial charge in [-0.2, -0.15) is 0 Å². The third-order valence-electron chi connectivity index (χ3n) is 2.76. The van der Waals surface area contributed by atoms with Crippen molar-refractivity contribution in [2.75, 3.05) is 6.54 Å². The Kier molecular flexibility index (Phi) is 2.07. The number of hydrogen-bond donors (Lipinski definition) is 0. The molecule has 2 saturated carbocycles. The molecule has 2 fully saturated rings. The molecule has 0 heterocycles. The third kappa shape index (κ3) is 1.79. The molecule has 1 amide bonds. The van der Waals surface area contributed by atoms with E-state index in [9.17, 15) is 4.79 Å². The molecule has 0 radical (unpaired) electrons. The number of carbonyl (C=O) groups is 1. The summed E-state index contributed by atoms with van der Waals surface area (Å²) in [4.78, 5) is 13.6. The van der Waals surface area contributed by atoms with Crippen LogP contribution in [0.4, 0.5) is 0 Å². The number of nitrogens with zero attached hydrogens (tertiary/aromatic N) is 1. The van der Waals surface area contributed by atoms with Crippen LogP contribution in [0.1, 0.15) is 39.0 Å². The van der Waals surface area contributed by atoms with E-state index in [1.165, 1.54) is 25.7 Å². The van der Waals surface area contributed by atoms with E-state index in [1.807, 2.05) is 6.92 Å². The standard InChI is InChI=1S/C10H17NO/c1-2-10(12)11(9-5-6-9)7-8-3-4-8/h8-9H,2-7H2,1H3. The molecular weight excluding hydrogens is 150 g/mol. The van der Waals surface area contributed by atoms with E-state index in [4.69, 9.17) is 0 Å². The van der Waals surface area contributed by atoms with Crippen LogP contribution in [0.25, 0.3) is 0 Å². The molecule has 0 atom stereocenters. The van der Waals surface area contributed by atoms with Crippen molar-refractivity contribution in [3.8, 4) is 0 Å². The molecule has 68 valence electrons. The second-order valence-electron chi connectivity index (χ2n) is 4.07. The fourth-order valence-electron chi connectivity index (χ4n) is 1.62. The molecule has 0 spiro atoms. The van der Waals surface area contributed by atoms with Crippen LogP contribution < -0.4 is 0 Å². The van der Waals surface area contributed by atoms with Crippen LogP contribution in [-0.2, 0) is 4.79 Å². The van der Waals surface area contributed by atoms with Gasteiger partial charge in [0, 0.05) is 19.0 Å². The zero-order valence-electron chi connectivity index (χ0n) is 7.75. The highest BCUT2D eigenvalue weighted by molar-refractivity contribution is 5.76. The predicted octanol–water partition coefficient (Wildman–Crippen LogP) is 1.80. The highest BCUT2D eigenvalue weighted by atomic mass is 16.2. The summed E-state index contributed by atoms with van der Waals surface area (Å²) in [5.74, 6) is 1.21. The number of amides is 1. The van der Waals surface area contributed by atoms with Crippen LogP contribution in [0.15, 0.2) is 0 Å². The summed E-state index contributed by atoms with van der Waals surface area (Å²) < 4.78 is 0. The van der Waals surface area contributed by atoms with Crippen LogP contribution in [0.5, 0.6) is 0 Å². The first-order valence-corrected chi connectivity index (χ1v) is 5.10. The van der Waals surface area contributed by atoms with Crippen molar-refractivity contribution in [2.24, 2.45) is 5.92 Å². The van der Waals surface area contributed by atoms with Gasteiger partial charge in [0.2, 0.25) is 5.91 Å². The molecule has 2 aliphatic carbocycles. The number of hydrogen-bond acceptors (Lipinski definition) is 1. The van der Waals surface area contributed by atoms with Gasteiger partial charge < -0.3 is 4.90 Å². The molecule has 0 aromatic heterocycles. The van der Waals surface area contributed by atoms with Crippen molar-refractivity contribution in [1.82, 2.24) is 4.90 Å². The van der Waals surface area contributed by atoms with Crippen molar-refractivity contribution in [1.29, 1.82) is 0 Å². The topological polar surface area (TPSA) is 20.3 Å². The Labute approximate surface area is 73.9 Å². The molecule has 2 aliphatic rings. The normalized spacial score (nSPS) is 22.4. The maximum Gasteiger partial charge on any atom is 0.222 e. The van der Waals surface area contributed by atoms with Crippen molar-refractivity contribution >= 4 is 5.91 Å². The van der Waals surface area contributed by atoms with Gasteiger partial charge in [0.1, 0.15) is 0 Å². The van der Waals surface area contributed by atoms with Gasteiger partial charge in [-0.15, -0.1) is 0 Å². The lowest BCUT2D eigenvalue weighted by Crippen LogP contribution is -2.34. The van der Waals surface area contributed by atoms with Gasteiger partial charge in [0.25, 0.3) is 0 Å². The van der Waals surface area contributed by atoms with E-state index in [-0.39, 0.29) is 0 Å². The van der Waals surface area contributed by atoms with Gasteiger partial charge in [-0.05, 0) is 31.6 Å². The summed E-state index contributed by atoms with van der Waals surface area (Å²) in [7, 11) is 0. The monoisotopic (exact) mass is 167 g/mol. The average Bonchev–Trinajstić information content (AvgIpc) is 2.88. The van der Waals surface area contributed by atoms with E-state index >= 15 is 0 Å². The summed E-state index contributed by atoms with van der Waals surface area (Å²) in [5, 5.41) is 0. The molecule has 2 heteroatoms. The summed E-state index contributed by atoms with van der Waals surface area (Å²) in [6.45, 7) is 3.02. The molecule has 0 bridgehead atoms. The maximum atomic E-state index is 11.5. The van der Waals surface area contributed by atoms with Gasteiger partial charge in [-0.3, -0.25) is 4.79 Å². The molecule has 0 N–H and O–H groups in total. The second-order valence-corrected chi connectivity index (χ2v) is 4.07. The molecule has 12 heavy (non-hydrogen) atoms. The second kappa shape index (κ2) is 3.08. The Bertz CT molecular complexity index is 182. The lowest BCUT2D eigenvalue weighted by atomic mass is 10.3. The Balaban J connectivity index is 1.86. The fourth-order valence-corrected chi connectivity index (χ4v) is 1.62. The molecule has 0 aromatic rings. The zero-order valence-corrected chi connectivity index (χ0v) is 7.75. The molecular formula is C10H17NO. The van der Waals surface area contributed by atoms with E-state index < -0.39 is 0 Å². The van der Waals surface area contributed by atoms with E-state index in [0.29, 0.717) is 18.4 Å². The Hall–Kier alpha value is -0.530. The van der Waals surface area contributed by atoms with Crippen molar-refractivity contribution in [2.45, 2.75) is 45.1 Å². The quantitative estimate of drug-likeness (QED) is 0.625. The number of carbonyl (C=O) groups excluding carboxylic acids is 1. The van der Waals surface area contributed by atoms with Crippen molar-refractivity contribution < 1.29 is 4.79 Å². The van der Waals surface area contributed by atoms with Gasteiger partial charge in [-0.25, -0.2) is 0 Å². The van der Waals surface area contributed by atoms with Crippen molar-refractivity contribution in [3.05, 3.63) is 0 Å². The zero-order chi connectivity index (χ0) is 8.55. The maximum absolute atomic E-state index is 11.5. The summed E-state index contributed by atoms with van der Waals surface area (Å²) >= 11 is 0. The van der Waals surface area contributed by atoms with E-state index in [2.05, 4.69) is 4.90 Å². The van der Waals surface area contributed by atoms with E-state index in [1.54, 1.807) is 0 Å². The first kappa shape index (κ1) is 8.09. The predicted molar refractivity (Wildman–Crippen MR) is 47.8 cm³/mol. The average molecular weight is 167 g/mol. The molecule has 0 aliphatic heterocycles. The first-order valence-electron chi connectivity index (χ1n) is 5.10. The van der Waals surface area contributed by atoms with Crippen molar-refractivity contribution in [3.63, 3.8) is 0 Å². The van der Waals surface area contributed by atoms with Gasteiger partial charge in [0.15, 0.2) is 0 Å². The minimum absolute atomic E-state index is 0.365. The Morgan fingerprint density at radius 1 is 1.33 bits per heavy atom. The molecule has 0 saturated heterocycles.